The van der Waals surface area contributed by atoms with Crippen LogP contribution in [-0.4, -0.2) is 52.4 Å². The number of nitrogens with zero attached hydrogens (tertiary/aromatic N) is 3. The van der Waals surface area contributed by atoms with Crippen LogP contribution in [0.4, 0.5) is 0 Å². The van der Waals surface area contributed by atoms with Crippen LogP contribution < -0.4 is 5.32 Å². The molecule has 26 heavy (non-hydrogen) atoms. The van der Waals surface area contributed by atoms with Crippen LogP contribution in [0.5, 0.6) is 0 Å². The van der Waals surface area contributed by atoms with Gasteiger partial charge in [0.05, 0.1) is 12.0 Å². The first kappa shape index (κ1) is 17.2. The Hall–Kier alpha value is -2.18. The van der Waals surface area contributed by atoms with Crippen molar-refractivity contribution in [2.75, 3.05) is 26.7 Å². The third-order valence-electron chi connectivity index (χ3n) is 5.49. The molecule has 1 aromatic carbocycles. The lowest BCUT2D eigenvalue weighted by atomic mass is 10.0. The summed E-state index contributed by atoms with van der Waals surface area (Å²) in [6.45, 7) is 4.75. The minimum atomic E-state index is -0.347. The number of carbonyl (C=O) groups is 1. The number of imidazole rings is 1. The van der Waals surface area contributed by atoms with E-state index < -0.39 is 0 Å². The van der Waals surface area contributed by atoms with Crippen LogP contribution >= 0.6 is 0 Å². The number of carbonyl (C=O) groups excluding carboxylic acids is 1. The van der Waals surface area contributed by atoms with Crippen LogP contribution in [0.25, 0.3) is 0 Å². The maximum absolute atomic E-state index is 13.0. The lowest BCUT2D eigenvalue weighted by molar-refractivity contribution is -0.133. The van der Waals surface area contributed by atoms with Gasteiger partial charge in [-0.2, -0.15) is 0 Å². The summed E-state index contributed by atoms with van der Waals surface area (Å²) in [5, 5.41) is 3.32. The quantitative estimate of drug-likeness (QED) is 0.861. The molecule has 138 valence electrons. The molecule has 0 saturated carbocycles. The number of likely N-dealkylation sites (tertiary alicyclic amines) is 1. The maximum atomic E-state index is 13.0. The second-order valence-corrected chi connectivity index (χ2v) is 7.35. The summed E-state index contributed by atoms with van der Waals surface area (Å²) in [4.78, 5) is 24.9. The first-order valence-corrected chi connectivity index (χ1v) is 9.52. The van der Waals surface area contributed by atoms with Gasteiger partial charge in [0, 0.05) is 38.8 Å². The number of aromatic nitrogens is 2. The average molecular weight is 353 g/mol. The van der Waals surface area contributed by atoms with Gasteiger partial charge >= 0.3 is 0 Å². The predicted molar refractivity (Wildman–Crippen MR) is 100 cm³/mol. The molecule has 3 heterocycles. The Balaban J connectivity index is 1.47. The number of nitrogens with one attached hydrogen (secondary N) is 2. The third-order valence-corrected chi connectivity index (χ3v) is 5.49. The van der Waals surface area contributed by atoms with Gasteiger partial charge in [-0.05, 0) is 37.1 Å². The number of likely N-dealkylation sites (N-methyl/N-ethyl adjacent to an activating group) is 1. The van der Waals surface area contributed by atoms with Gasteiger partial charge in [-0.25, -0.2) is 4.98 Å². The zero-order valence-corrected chi connectivity index (χ0v) is 15.4. The van der Waals surface area contributed by atoms with Crippen molar-refractivity contribution >= 4 is 5.91 Å². The smallest absolute Gasteiger partial charge is 0.246 e. The van der Waals surface area contributed by atoms with Crippen molar-refractivity contribution < 1.29 is 4.79 Å². The summed E-state index contributed by atoms with van der Waals surface area (Å²) in [5.74, 6) is 0.0778. The van der Waals surface area contributed by atoms with Crippen LogP contribution in [0.2, 0.25) is 0 Å². The summed E-state index contributed by atoms with van der Waals surface area (Å²) >= 11 is 0. The summed E-state index contributed by atoms with van der Waals surface area (Å²) in [5.41, 5.74) is 4.47. The van der Waals surface area contributed by atoms with Gasteiger partial charge in [0.15, 0.2) is 0 Å². The molecule has 2 N–H and O–H groups in total. The van der Waals surface area contributed by atoms with E-state index in [1.807, 2.05) is 11.9 Å². The zero-order chi connectivity index (χ0) is 17.9. The fraction of sp³-hybridized carbons (Fsp3) is 0.500. The number of hydrogen-bond donors (Lipinski definition) is 2. The van der Waals surface area contributed by atoms with Crippen molar-refractivity contribution in [3.8, 4) is 0 Å². The van der Waals surface area contributed by atoms with Crippen molar-refractivity contribution in [1.82, 2.24) is 25.1 Å². The number of H-pyrrole nitrogens is 1. The summed E-state index contributed by atoms with van der Waals surface area (Å²) in [6.07, 6.45) is 5.16. The minimum absolute atomic E-state index is 0.0778. The molecule has 0 radical (unpaired) electrons. The molecular formula is C20H27N5O. The van der Waals surface area contributed by atoms with Crippen LogP contribution in [-0.2, 0) is 24.3 Å². The van der Waals surface area contributed by atoms with Gasteiger partial charge in [0.25, 0.3) is 0 Å². The lowest BCUT2D eigenvalue weighted by Gasteiger charge is -2.28. The molecule has 1 atom stereocenters. The molecule has 0 aliphatic carbocycles. The van der Waals surface area contributed by atoms with E-state index >= 15 is 0 Å². The number of hydrogen-bond acceptors (Lipinski definition) is 4. The molecule has 6 heteroatoms. The van der Waals surface area contributed by atoms with Gasteiger partial charge in [-0.15, -0.1) is 0 Å². The van der Waals surface area contributed by atoms with Gasteiger partial charge in [-0.1, -0.05) is 24.3 Å². The number of benzene rings is 1. The predicted octanol–water partition coefficient (Wildman–Crippen LogP) is 1.85. The number of aromatic amines is 1. The van der Waals surface area contributed by atoms with E-state index in [9.17, 15) is 4.79 Å². The molecule has 1 aromatic heterocycles. The average Bonchev–Trinajstić information content (AvgIpc) is 3.33. The first-order valence-electron chi connectivity index (χ1n) is 9.52. The molecule has 0 spiro atoms. The molecule has 1 unspecified atom stereocenters. The molecule has 2 aliphatic rings. The standard InChI is InChI=1S/C20H27N5O/c1-24(20(26)19-18-17(8-9-21-19)22-14-23-18)12-15-6-2-3-7-16(15)13-25-10-4-5-11-25/h2-3,6-7,14,19,21H,4-5,8-13H2,1H3,(H,22,23). The Labute approximate surface area is 154 Å². The minimum Gasteiger partial charge on any atom is -0.348 e. The fourth-order valence-electron chi connectivity index (χ4n) is 4.02. The van der Waals surface area contributed by atoms with Crippen molar-refractivity contribution in [3.63, 3.8) is 0 Å². The van der Waals surface area contributed by atoms with Crippen molar-refractivity contribution in [3.05, 3.63) is 53.1 Å². The molecule has 1 fully saturated rings. The van der Waals surface area contributed by atoms with E-state index in [2.05, 4.69) is 44.5 Å². The summed E-state index contributed by atoms with van der Waals surface area (Å²) in [7, 11) is 1.89. The second-order valence-electron chi connectivity index (χ2n) is 7.35. The van der Waals surface area contributed by atoms with E-state index in [1.54, 1.807) is 6.33 Å². The molecule has 1 saturated heterocycles. The molecule has 1 amide bonds. The zero-order valence-electron chi connectivity index (χ0n) is 15.4. The van der Waals surface area contributed by atoms with Crippen molar-refractivity contribution in [2.24, 2.45) is 0 Å². The Morgan fingerprint density at radius 1 is 1.27 bits per heavy atom. The summed E-state index contributed by atoms with van der Waals surface area (Å²) < 4.78 is 0. The number of amides is 1. The van der Waals surface area contributed by atoms with E-state index in [-0.39, 0.29) is 11.9 Å². The Morgan fingerprint density at radius 2 is 2.04 bits per heavy atom. The number of rotatable bonds is 5. The Bertz CT molecular complexity index is 765. The van der Waals surface area contributed by atoms with Crippen LogP contribution in [0.1, 0.15) is 41.4 Å². The van der Waals surface area contributed by atoms with E-state index in [1.165, 1.54) is 37.1 Å². The van der Waals surface area contributed by atoms with E-state index in [4.69, 9.17) is 0 Å². The van der Waals surface area contributed by atoms with E-state index in [0.717, 1.165) is 30.9 Å². The normalized spacial score (nSPS) is 20.1. The highest BCUT2D eigenvalue weighted by Crippen LogP contribution is 2.23. The van der Waals surface area contributed by atoms with Crippen molar-refractivity contribution in [2.45, 2.75) is 38.4 Å². The lowest BCUT2D eigenvalue weighted by Crippen LogP contribution is -2.42. The molecule has 2 aliphatic heterocycles. The molecule has 4 rings (SSSR count). The maximum Gasteiger partial charge on any atom is 0.246 e. The fourth-order valence-corrected chi connectivity index (χ4v) is 4.02. The van der Waals surface area contributed by atoms with Gasteiger partial charge in [-0.3, -0.25) is 9.69 Å². The molecule has 0 bridgehead atoms. The Kier molecular flexibility index (Phi) is 5.04. The highest BCUT2D eigenvalue weighted by atomic mass is 16.2. The summed E-state index contributed by atoms with van der Waals surface area (Å²) in [6, 6.07) is 8.14. The Morgan fingerprint density at radius 3 is 2.85 bits per heavy atom. The largest absolute Gasteiger partial charge is 0.348 e. The van der Waals surface area contributed by atoms with Crippen LogP contribution in [0.3, 0.4) is 0 Å². The molecule has 6 nitrogen and oxygen atoms in total. The van der Waals surface area contributed by atoms with Gasteiger partial charge in [0.1, 0.15) is 6.04 Å². The topological polar surface area (TPSA) is 64.3 Å². The highest BCUT2D eigenvalue weighted by molar-refractivity contribution is 5.83. The van der Waals surface area contributed by atoms with Crippen LogP contribution in [0.15, 0.2) is 30.6 Å². The van der Waals surface area contributed by atoms with E-state index in [0.29, 0.717) is 6.54 Å². The third kappa shape index (κ3) is 3.52. The SMILES string of the molecule is CN(Cc1ccccc1CN1CCCC1)C(=O)C1NCCc2[nH]cnc21. The number of fused-ring (bicyclic) bond motifs is 1. The van der Waals surface area contributed by atoms with Crippen molar-refractivity contribution in [1.29, 1.82) is 0 Å². The highest BCUT2D eigenvalue weighted by Gasteiger charge is 2.30. The van der Waals surface area contributed by atoms with Gasteiger partial charge in [0.2, 0.25) is 5.91 Å². The van der Waals surface area contributed by atoms with Crippen LogP contribution in [0, 0.1) is 0 Å². The first-order chi connectivity index (χ1) is 12.7. The monoisotopic (exact) mass is 353 g/mol. The second kappa shape index (κ2) is 7.60. The molecular weight excluding hydrogens is 326 g/mol. The van der Waals surface area contributed by atoms with Gasteiger partial charge < -0.3 is 15.2 Å². The molecule has 2 aromatic rings.